The van der Waals surface area contributed by atoms with E-state index in [0.717, 1.165) is 49.5 Å². The molecule has 0 aliphatic carbocycles. The van der Waals surface area contributed by atoms with E-state index in [2.05, 4.69) is 40.4 Å². The van der Waals surface area contributed by atoms with Gasteiger partial charge in [0, 0.05) is 18.0 Å². The van der Waals surface area contributed by atoms with Crippen LogP contribution in [0.3, 0.4) is 0 Å². The highest BCUT2D eigenvalue weighted by Gasteiger charge is 2.20. The first-order chi connectivity index (χ1) is 12.3. The third kappa shape index (κ3) is 3.90. The van der Waals surface area contributed by atoms with E-state index in [4.69, 9.17) is 4.52 Å². The van der Waals surface area contributed by atoms with Gasteiger partial charge in [-0.3, -0.25) is 4.90 Å². The van der Waals surface area contributed by atoms with Crippen LogP contribution in [0.5, 0.6) is 0 Å². The second-order valence-electron chi connectivity index (χ2n) is 7.01. The number of nitrogens with zero attached hydrogens (tertiary/aromatic N) is 2. The second kappa shape index (κ2) is 7.36. The summed E-state index contributed by atoms with van der Waals surface area (Å²) in [5.41, 5.74) is 2.90. The standard InChI is InChI=1S/C21H23FN2O/c22-18-7-8-19-20(23-25-21(19)14-18)9-6-16-10-12-24(13-11-16)15-17-4-2-1-3-5-17/h1-5,7-8,14,16H,6,9-13,15H2. The molecule has 3 nitrogen and oxygen atoms in total. The lowest BCUT2D eigenvalue weighted by atomic mass is 9.91. The first-order valence-corrected chi connectivity index (χ1v) is 9.08. The van der Waals surface area contributed by atoms with E-state index in [9.17, 15) is 4.39 Å². The molecule has 0 spiro atoms. The summed E-state index contributed by atoms with van der Waals surface area (Å²) in [6.07, 6.45) is 4.49. The molecular weight excluding hydrogens is 315 g/mol. The van der Waals surface area contributed by atoms with E-state index in [1.165, 1.54) is 30.5 Å². The Morgan fingerprint density at radius 3 is 2.68 bits per heavy atom. The van der Waals surface area contributed by atoms with Crippen LogP contribution in [0.25, 0.3) is 11.0 Å². The first kappa shape index (κ1) is 16.3. The predicted octanol–water partition coefficient (Wildman–Crippen LogP) is 4.81. The largest absolute Gasteiger partial charge is 0.356 e. The average Bonchev–Trinajstić information content (AvgIpc) is 3.04. The Bertz CT molecular complexity index is 822. The highest BCUT2D eigenvalue weighted by Crippen LogP contribution is 2.26. The fourth-order valence-electron chi connectivity index (χ4n) is 3.76. The number of rotatable bonds is 5. The number of hydrogen-bond donors (Lipinski definition) is 0. The smallest absolute Gasteiger partial charge is 0.170 e. The van der Waals surface area contributed by atoms with Crippen molar-refractivity contribution < 1.29 is 8.91 Å². The van der Waals surface area contributed by atoms with Crippen molar-refractivity contribution in [3.05, 3.63) is 65.6 Å². The highest BCUT2D eigenvalue weighted by molar-refractivity contribution is 5.79. The van der Waals surface area contributed by atoms with Crippen molar-refractivity contribution in [1.82, 2.24) is 10.1 Å². The number of aryl methyl sites for hydroxylation is 1. The molecule has 4 rings (SSSR count). The maximum atomic E-state index is 13.2. The van der Waals surface area contributed by atoms with E-state index in [1.807, 2.05) is 0 Å². The fraction of sp³-hybridized carbons (Fsp3) is 0.381. The van der Waals surface area contributed by atoms with Crippen LogP contribution < -0.4 is 0 Å². The molecule has 0 amide bonds. The first-order valence-electron chi connectivity index (χ1n) is 9.08. The molecule has 0 unspecified atom stereocenters. The molecule has 2 aromatic carbocycles. The number of aromatic nitrogens is 1. The van der Waals surface area contributed by atoms with Crippen LogP contribution in [-0.2, 0) is 13.0 Å². The summed E-state index contributed by atoms with van der Waals surface area (Å²) in [5.74, 6) is 0.459. The lowest BCUT2D eigenvalue weighted by molar-refractivity contribution is 0.172. The van der Waals surface area contributed by atoms with Gasteiger partial charge in [0.1, 0.15) is 5.82 Å². The molecule has 4 heteroatoms. The van der Waals surface area contributed by atoms with Gasteiger partial charge in [0.2, 0.25) is 0 Å². The number of piperidine rings is 1. The number of halogens is 1. The molecule has 3 aromatic rings. The van der Waals surface area contributed by atoms with Crippen molar-refractivity contribution in [3.8, 4) is 0 Å². The van der Waals surface area contributed by atoms with Gasteiger partial charge in [-0.25, -0.2) is 4.39 Å². The van der Waals surface area contributed by atoms with Gasteiger partial charge < -0.3 is 4.52 Å². The summed E-state index contributed by atoms with van der Waals surface area (Å²) in [5, 5.41) is 5.09. The van der Waals surface area contributed by atoms with Crippen LogP contribution in [-0.4, -0.2) is 23.1 Å². The van der Waals surface area contributed by atoms with E-state index in [-0.39, 0.29) is 5.82 Å². The lowest BCUT2D eigenvalue weighted by Gasteiger charge is -2.31. The third-order valence-electron chi connectivity index (χ3n) is 5.25. The summed E-state index contributed by atoms with van der Waals surface area (Å²) in [6.45, 7) is 3.36. The molecule has 1 fully saturated rings. The minimum atomic E-state index is -0.277. The van der Waals surface area contributed by atoms with Gasteiger partial charge in [-0.15, -0.1) is 0 Å². The van der Waals surface area contributed by atoms with Gasteiger partial charge in [0.25, 0.3) is 0 Å². The third-order valence-corrected chi connectivity index (χ3v) is 5.25. The summed E-state index contributed by atoms with van der Waals surface area (Å²) < 4.78 is 18.5. The molecular formula is C21H23FN2O. The van der Waals surface area contributed by atoms with Crippen molar-refractivity contribution in [2.75, 3.05) is 13.1 Å². The quantitative estimate of drug-likeness (QED) is 0.668. The molecule has 1 saturated heterocycles. The number of benzene rings is 2. The van der Waals surface area contributed by atoms with Crippen molar-refractivity contribution in [3.63, 3.8) is 0 Å². The van der Waals surface area contributed by atoms with Crippen LogP contribution in [0.4, 0.5) is 4.39 Å². The van der Waals surface area contributed by atoms with Crippen LogP contribution in [0, 0.1) is 11.7 Å². The number of fused-ring (bicyclic) bond motifs is 1. The molecule has 130 valence electrons. The highest BCUT2D eigenvalue weighted by atomic mass is 19.1. The van der Waals surface area contributed by atoms with Gasteiger partial charge in [-0.1, -0.05) is 35.5 Å². The zero-order valence-corrected chi connectivity index (χ0v) is 14.3. The average molecular weight is 338 g/mol. The van der Waals surface area contributed by atoms with E-state index >= 15 is 0 Å². The molecule has 1 aliphatic rings. The topological polar surface area (TPSA) is 29.3 Å². The fourth-order valence-corrected chi connectivity index (χ4v) is 3.76. The Balaban J connectivity index is 1.28. The lowest BCUT2D eigenvalue weighted by Crippen LogP contribution is -2.33. The van der Waals surface area contributed by atoms with Crippen LogP contribution >= 0.6 is 0 Å². The van der Waals surface area contributed by atoms with Crippen molar-refractivity contribution in [2.45, 2.75) is 32.2 Å². The zero-order chi connectivity index (χ0) is 17.1. The number of hydrogen-bond acceptors (Lipinski definition) is 3. The van der Waals surface area contributed by atoms with Crippen molar-refractivity contribution in [2.24, 2.45) is 5.92 Å². The van der Waals surface area contributed by atoms with Crippen molar-refractivity contribution in [1.29, 1.82) is 0 Å². The van der Waals surface area contributed by atoms with Gasteiger partial charge in [-0.2, -0.15) is 0 Å². The summed E-state index contributed by atoms with van der Waals surface area (Å²) in [4.78, 5) is 2.54. The molecule has 0 atom stereocenters. The maximum absolute atomic E-state index is 13.2. The molecule has 2 heterocycles. The Labute approximate surface area is 147 Å². The summed E-state index contributed by atoms with van der Waals surface area (Å²) in [7, 11) is 0. The molecule has 0 radical (unpaired) electrons. The van der Waals surface area contributed by atoms with Gasteiger partial charge in [0.05, 0.1) is 5.69 Å². The Kier molecular flexibility index (Phi) is 4.79. The normalized spacial score (nSPS) is 16.5. The SMILES string of the molecule is Fc1ccc2c(CCC3CCN(Cc4ccccc4)CC3)noc2c1. The minimum Gasteiger partial charge on any atom is -0.356 e. The molecule has 0 saturated carbocycles. The van der Waals surface area contributed by atoms with Gasteiger partial charge >= 0.3 is 0 Å². The van der Waals surface area contributed by atoms with Crippen LogP contribution in [0.2, 0.25) is 0 Å². The van der Waals surface area contributed by atoms with E-state index in [1.54, 1.807) is 6.07 Å². The Morgan fingerprint density at radius 1 is 1.08 bits per heavy atom. The Morgan fingerprint density at radius 2 is 1.88 bits per heavy atom. The molecule has 25 heavy (non-hydrogen) atoms. The predicted molar refractivity (Wildman–Crippen MR) is 96.7 cm³/mol. The molecule has 1 aromatic heterocycles. The van der Waals surface area contributed by atoms with Gasteiger partial charge in [-0.05, 0) is 62.4 Å². The summed E-state index contributed by atoms with van der Waals surface area (Å²) in [6, 6.07) is 15.3. The van der Waals surface area contributed by atoms with Gasteiger partial charge in [0.15, 0.2) is 5.58 Å². The van der Waals surface area contributed by atoms with Crippen LogP contribution in [0.15, 0.2) is 53.1 Å². The van der Waals surface area contributed by atoms with Crippen molar-refractivity contribution >= 4 is 11.0 Å². The number of likely N-dealkylation sites (tertiary alicyclic amines) is 1. The molecule has 1 aliphatic heterocycles. The maximum Gasteiger partial charge on any atom is 0.170 e. The second-order valence-corrected chi connectivity index (χ2v) is 7.01. The van der Waals surface area contributed by atoms with E-state index < -0.39 is 0 Å². The molecule has 0 N–H and O–H groups in total. The molecule has 0 bridgehead atoms. The zero-order valence-electron chi connectivity index (χ0n) is 14.3. The summed E-state index contributed by atoms with van der Waals surface area (Å²) >= 11 is 0. The van der Waals surface area contributed by atoms with Crippen LogP contribution in [0.1, 0.15) is 30.5 Å². The Hall–Kier alpha value is -2.20. The van der Waals surface area contributed by atoms with E-state index in [0.29, 0.717) is 5.58 Å². The minimum absolute atomic E-state index is 0.277. The monoisotopic (exact) mass is 338 g/mol.